The molecule has 0 aliphatic carbocycles. The van der Waals surface area contributed by atoms with Gasteiger partial charge < -0.3 is 15.0 Å². The fraction of sp³-hybridized carbons (Fsp3) is 0.533. The molecule has 1 fully saturated rings. The summed E-state index contributed by atoms with van der Waals surface area (Å²) in [5.41, 5.74) is 1.13. The summed E-state index contributed by atoms with van der Waals surface area (Å²) >= 11 is 0. The SMILES string of the molecule is CCN(Cc1ccc(OC)cc1)C(=O)[C@@H]1CCCN1. The summed E-state index contributed by atoms with van der Waals surface area (Å²) in [6.07, 6.45) is 2.05. The molecular weight excluding hydrogens is 240 g/mol. The van der Waals surface area contributed by atoms with Crippen LogP contribution < -0.4 is 10.1 Å². The second-order valence-corrected chi connectivity index (χ2v) is 4.85. The van der Waals surface area contributed by atoms with Crippen LogP contribution in [0.2, 0.25) is 0 Å². The zero-order valence-corrected chi connectivity index (χ0v) is 11.7. The standard InChI is InChI=1S/C15H22N2O2/c1-3-17(15(18)14-5-4-10-16-14)11-12-6-8-13(19-2)9-7-12/h6-9,14,16H,3-5,10-11H2,1-2H3/t14-/m0/s1. The predicted molar refractivity (Wildman–Crippen MR) is 75.1 cm³/mol. The van der Waals surface area contributed by atoms with Crippen LogP contribution in [0, 0.1) is 0 Å². The molecule has 1 aromatic carbocycles. The number of hydrogen-bond acceptors (Lipinski definition) is 3. The van der Waals surface area contributed by atoms with Crippen molar-refractivity contribution >= 4 is 5.91 Å². The molecule has 2 rings (SSSR count). The van der Waals surface area contributed by atoms with E-state index < -0.39 is 0 Å². The zero-order valence-electron chi connectivity index (χ0n) is 11.7. The monoisotopic (exact) mass is 262 g/mol. The Balaban J connectivity index is 1.99. The van der Waals surface area contributed by atoms with Crippen molar-refractivity contribution in [2.45, 2.75) is 32.4 Å². The fourth-order valence-corrected chi connectivity index (χ4v) is 2.41. The van der Waals surface area contributed by atoms with Crippen LogP contribution in [-0.2, 0) is 11.3 Å². The number of rotatable bonds is 5. The van der Waals surface area contributed by atoms with Crippen molar-refractivity contribution in [2.24, 2.45) is 0 Å². The summed E-state index contributed by atoms with van der Waals surface area (Å²) < 4.78 is 5.14. The molecule has 0 unspecified atom stereocenters. The van der Waals surface area contributed by atoms with Crippen LogP contribution in [0.5, 0.6) is 5.75 Å². The minimum atomic E-state index is 0.0122. The van der Waals surface area contributed by atoms with Gasteiger partial charge in [0.15, 0.2) is 0 Å². The topological polar surface area (TPSA) is 41.6 Å². The van der Waals surface area contributed by atoms with Gasteiger partial charge in [-0.2, -0.15) is 0 Å². The summed E-state index contributed by atoms with van der Waals surface area (Å²) in [6, 6.07) is 7.90. The average Bonchev–Trinajstić information content (AvgIpc) is 2.99. The molecule has 104 valence electrons. The van der Waals surface area contributed by atoms with Crippen LogP contribution in [0.1, 0.15) is 25.3 Å². The van der Waals surface area contributed by atoms with Crippen molar-refractivity contribution in [1.29, 1.82) is 0 Å². The molecule has 1 N–H and O–H groups in total. The Kier molecular flexibility index (Phi) is 4.80. The lowest BCUT2D eigenvalue weighted by Gasteiger charge is -2.24. The largest absolute Gasteiger partial charge is 0.497 e. The van der Waals surface area contributed by atoms with Crippen molar-refractivity contribution in [1.82, 2.24) is 10.2 Å². The first-order chi connectivity index (χ1) is 9.24. The smallest absolute Gasteiger partial charge is 0.239 e. The Bertz CT molecular complexity index is 411. The van der Waals surface area contributed by atoms with Gasteiger partial charge in [-0.25, -0.2) is 0 Å². The molecule has 4 nitrogen and oxygen atoms in total. The number of likely N-dealkylation sites (N-methyl/N-ethyl adjacent to an activating group) is 1. The van der Waals surface area contributed by atoms with Crippen molar-refractivity contribution in [3.05, 3.63) is 29.8 Å². The Morgan fingerprint density at radius 1 is 1.42 bits per heavy atom. The van der Waals surface area contributed by atoms with Crippen molar-refractivity contribution in [3.8, 4) is 5.75 Å². The van der Waals surface area contributed by atoms with Gasteiger partial charge in [0.25, 0.3) is 0 Å². The van der Waals surface area contributed by atoms with Gasteiger partial charge in [0.1, 0.15) is 5.75 Å². The summed E-state index contributed by atoms with van der Waals surface area (Å²) in [4.78, 5) is 14.3. The molecule has 4 heteroatoms. The lowest BCUT2D eigenvalue weighted by atomic mass is 10.1. The number of nitrogens with one attached hydrogen (secondary N) is 1. The Morgan fingerprint density at radius 3 is 2.68 bits per heavy atom. The van der Waals surface area contributed by atoms with Crippen LogP contribution in [0.25, 0.3) is 0 Å². The molecule has 1 aliphatic rings. The van der Waals surface area contributed by atoms with Crippen molar-refractivity contribution in [3.63, 3.8) is 0 Å². The normalized spacial score (nSPS) is 18.3. The molecule has 1 saturated heterocycles. The highest BCUT2D eigenvalue weighted by atomic mass is 16.5. The maximum Gasteiger partial charge on any atom is 0.239 e. The van der Waals surface area contributed by atoms with Crippen LogP contribution in [-0.4, -0.2) is 37.0 Å². The number of benzene rings is 1. The third-order valence-corrected chi connectivity index (χ3v) is 3.58. The molecule has 0 saturated carbocycles. The third-order valence-electron chi connectivity index (χ3n) is 3.58. The molecule has 0 spiro atoms. The molecule has 19 heavy (non-hydrogen) atoms. The van der Waals surface area contributed by atoms with E-state index in [1.165, 1.54) is 0 Å². The number of hydrogen-bond donors (Lipinski definition) is 1. The van der Waals surface area contributed by atoms with E-state index in [-0.39, 0.29) is 11.9 Å². The van der Waals surface area contributed by atoms with E-state index in [0.29, 0.717) is 6.54 Å². The van der Waals surface area contributed by atoms with Gasteiger partial charge in [0.2, 0.25) is 5.91 Å². The van der Waals surface area contributed by atoms with Crippen LogP contribution in [0.15, 0.2) is 24.3 Å². The number of carbonyl (C=O) groups excluding carboxylic acids is 1. The van der Waals surface area contributed by atoms with Gasteiger partial charge in [-0.1, -0.05) is 12.1 Å². The molecule has 1 amide bonds. The highest BCUT2D eigenvalue weighted by Crippen LogP contribution is 2.15. The van der Waals surface area contributed by atoms with E-state index in [1.54, 1.807) is 7.11 Å². The summed E-state index contributed by atoms with van der Waals surface area (Å²) in [7, 11) is 1.66. The van der Waals surface area contributed by atoms with Gasteiger partial charge in [0, 0.05) is 13.1 Å². The average molecular weight is 262 g/mol. The number of amides is 1. The molecule has 1 aliphatic heterocycles. The first-order valence-electron chi connectivity index (χ1n) is 6.89. The molecule has 1 heterocycles. The Morgan fingerprint density at radius 2 is 2.16 bits per heavy atom. The van der Waals surface area contributed by atoms with E-state index >= 15 is 0 Å². The Labute approximate surface area is 114 Å². The fourth-order valence-electron chi connectivity index (χ4n) is 2.41. The zero-order chi connectivity index (χ0) is 13.7. The Hall–Kier alpha value is -1.55. The molecule has 1 aromatic rings. The van der Waals surface area contributed by atoms with Crippen LogP contribution in [0.4, 0.5) is 0 Å². The van der Waals surface area contributed by atoms with Gasteiger partial charge in [-0.05, 0) is 44.0 Å². The van der Waals surface area contributed by atoms with E-state index in [0.717, 1.165) is 37.2 Å². The molecule has 1 atom stereocenters. The van der Waals surface area contributed by atoms with E-state index in [4.69, 9.17) is 4.74 Å². The summed E-state index contributed by atoms with van der Waals surface area (Å²) in [6.45, 7) is 4.38. The van der Waals surface area contributed by atoms with E-state index in [9.17, 15) is 4.79 Å². The molecule has 0 radical (unpaired) electrons. The van der Waals surface area contributed by atoms with Crippen LogP contribution in [0.3, 0.4) is 0 Å². The predicted octanol–water partition coefficient (Wildman–Crippen LogP) is 1.80. The third kappa shape index (κ3) is 3.47. The minimum absolute atomic E-state index is 0.0122. The maximum atomic E-state index is 12.3. The van der Waals surface area contributed by atoms with Crippen molar-refractivity contribution < 1.29 is 9.53 Å². The summed E-state index contributed by atoms with van der Waals surface area (Å²) in [5.74, 6) is 1.06. The molecule has 0 aromatic heterocycles. The van der Waals surface area contributed by atoms with Gasteiger partial charge in [0.05, 0.1) is 13.2 Å². The highest BCUT2D eigenvalue weighted by molar-refractivity contribution is 5.82. The number of nitrogens with zero attached hydrogens (tertiary/aromatic N) is 1. The maximum absolute atomic E-state index is 12.3. The first-order valence-corrected chi connectivity index (χ1v) is 6.89. The highest BCUT2D eigenvalue weighted by Gasteiger charge is 2.25. The van der Waals surface area contributed by atoms with Crippen LogP contribution >= 0.6 is 0 Å². The lowest BCUT2D eigenvalue weighted by Crippen LogP contribution is -2.43. The second kappa shape index (κ2) is 6.57. The van der Waals surface area contributed by atoms with Gasteiger partial charge in [-0.3, -0.25) is 4.79 Å². The number of ether oxygens (including phenoxy) is 1. The van der Waals surface area contributed by atoms with E-state index in [2.05, 4.69) is 5.32 Å². The number of methoxy groups -OCH3 is 1. The van der Waals surface area contributed by atoms with E-state index in [1.807, 2.05) is 36.1 Å². The number of carbonyl (C=O) groups is 1. The minimum Gasteiger partial charge on any atom is -0.497 e. The summed E-state index contributed by atoms with van der Waals surface area (Å²) in [5, 5.41) is 3.26. The molecular formula is C15H22N2O2. The van der Waals surface area contributed by atoms with Gasteiger partial charge in [-0.15, -0.1) is 0 Å². The van der Waals surface area contributed by atoms with Gasteiger partial charge >= 0.3 is 0 Å². The quantitative estimate of drug-likeness (QED) is 0.879. The van der Waals surface area contributed by atoms with Crippen molar-refractivity contribution in [2.75, 3.05) is 20.2 Å². The first kappa shape index (κ1) is 13.9. The lowest BCUT2D eigenvalue weighted by molar-refractivity contribution is -0.133. The second-order valence-electron chi connectivity index (χ2n) is 4.85. The molecule has 0 bridgehead atoms.